The second-order valence-corrected chi connectivity index (χ2v) is 29.4. The van der Waals surface area contributed by atoms with Crippen LogP contribution >= 0.6 is 0 Å². The molecule has 21 nitrogen and oxygen atoms in total. The van der Waals surface area contributed by atoms with E-state index in [0.717, 1.165) is 113 Å². The van der Waals surface area contributed by atoms with Gasteiger partial charge >= 0.3 is 5.97 Å². The highest BCUT2D eigenvalue weighted by atomic mass is 32.2. The third-order valence-corrected chi connectivity index (χ3v) is 21.9. The molecule has 0 bridgehead atoms. The van der Waals surface area contributed by atoms with Crippen LogP contribution in [0.4, 0.5) is 0 Å². The number of nitrogens with one attached hydrogen (secondary N) is 1. The van der Waals surface area contributed by atoms with Crippen LogP contribution in [-0.4, -0.2) is 124 Å². The fraction of sp³-hybridized carbons (Fsp3) is 0.480. The molecule has 6 aromatic carbocycles. The summed E-state index contributed by atoms with van der Waals surface area (Å²) < 4.78 is 86.4. The zero-order valence-corrected chi connectivity index (χ0v) is 58.9. The third kappa shape index (κ3) is 18.5. The number of fused-ring (bicyclic) bond motifs is 4. The maximum atomic E-state index is 14.2. The van der Waals surface area contributed by atoms with Crippen molar-refractivity contribution in [2.75, 3.05) is 33.9 Å². The Bertz CT molecular complexity index is 4320. The average molecular weight is 1380 g/mol. The molecule has 10 rings (SSSR count). The number of unbranched alkanes of at least 4 members (excludes halogenated alkanes) is 7. The van der Waals surface area contributed by atoms with Crippen molar-refractivity contribution in [1.82, 2.24) is 43.9 Å². The summed E-state index contributed by atoms with van der Waals surface area (Å²) in [7, 11) is -1.02. The number of carboxylic acids is 1. The molecule has 1 amide bonds. The number of carbonyl (C=O) groups is 3. The van der Waals surface area contributed by atoms with Crippen LogP contribution in [0.15, 0.2) is 107 Å². The summed E-state index contributed by atoms with van der Waals surface area (Å²) in [4.78, 5) is 36.4. The molecule has 2 aliphatic rings. The third-order valence-electron chi connectivity index (χ3n) is 18.2. The Hall–Kier alpha value is -8.25. The van der Waals surface area contributed by atoms with E-state index in [1.54, 1.807) is 56.7 Å². The van der Waals surface area contributed by atoms with Gasteiger partial charge < -0.3 is 29.4 Å². The van der Waals surface area contributed by atoms with Crippen molar-refractivity contribution in [3.63, 3.8) is 0 Å². The number of hydrogen-bond acceptors (Lipinski definition) is 15. The van der Waals surface area contributed by atoms with Gasteiger partial charge in [-0.15, -0.1) is 10.2 Å². The van der Waals surface area contributed by atoms with Gasteiger partial charge in [-0.25, -0.2) is 26.2 Å². The first kappa shape index (κ1) is 77.1. The first-order valence-corrected chi connectivity index (χ1v) is 36.3. The number of ether oxygens (including phenoxy) is 4. The second kappa shape index (κ2) is 34.5. The van der Waals surface area contributed by atoms with Crippen molar-refractivity contribution < 1.29 is 55.3 Å². The Labute approximate surface area is 579 Å². The highest BCUT2D eigenvalue weighted by molar-refractivity contribution is 7.89. The number of aryl methyl sites for hydroxylation is 6. The molecule has 0 unspecified atom stereocenters. The molecule has 0 saturated carbocycles. The summed E-state index contributed by atoms with van der Waals surface area (Å²) in [6, 6.07) is 30.2. The minimum Gasteiger partial charge on any atom is -0.494 e. The summed E-state index contributed by atoms with van der Waals surface area (Å²) in [5, 5.41) is 29.6. The van der Waals surface area contributed by atoms with Crippen LogP contribution in [0.1, 0.15) is 194 Å². The minimum absolute atomic E-state index is 0. The lowest BCUT2D eigenvalue weighted by atomic mass is 9.85. The smallest absolute Gasteiger partial charge is 0.304 e. The van der Waals surface area contributed by atoms with Gasteiger partial charge in [0, 0.05) is 58.4 Å². The maximum absolute atomic E-state index is 14.2. The molecular formula is C75H101N9O12S2. The van der Waals surface area contributed by atoms with Crippen LogP contribution in [0.3, 0.4) is 0 Å². The Kier molecular flexibility index (Phi) is 27.1. The zero-order chi connectivity index (χ0) is 69.0. The van der Waals surface area contributed by atoms with Crippen LogP contribution < -0.4 is 24.3 Å². The highest BCUT2D eigenvalue weighted by Crippen LogP contribution is 2.40. The first-order valence-electron chi connectivity index (χ1n) is 33.4. The molecule has 0 spiro atoms. The number of aromatic nitrogens is 6. The number of methoxy groups -OCH3 is 2. The van der Waals surface area contributed by atoms with Crippen molar-refractivity contribution in [1.29, 1.82) is 0 Å². The van der Waals surface area contributed by atoms with E-state index in [4.69, 9.17) is 18.9 Å². The number of carbonyl (C=O) groups excluding carboxylic acids is 2. The van der Waals surface area contributed by atoms with Crippen LogP contribution in [0.5, 0.6) is 23.0 Å². The Balaban J connectivity index is 0.000000271. The first-order chi connectivity index (χ1) is 45.9. The van der Waals surface area contributed by atoms with Gasteiger partial charge in [-0.2, -0.15) is 8.61 Å². The molecule has 0 saturated heterocycles. The quantitative estimate of drug-likeness (QED) is 0.0432. The molecule has 23 heteroatoms. The lowest BCUT2D eigenvalue weighted by Crippen LogP contribution is -2.35. The number of Topliss-reactive ketones (excluding diaryl/α,β-unsaturated/α-hetero) is 1. The molecule has 2 aromatic heterocycles. The maximum Gasteiger partial charge on any atom is 0.304 e. The summed E-state index contributed by atoms with van der Waals surface area (Å²) in [5.41, 5.74) is 11.6. The Morgan fingerprint density at radius 2 is 1.03 bits per heavy atom. The van der Waals surface area contributed by atoms with Crippen molar-refractivity contribution in [3.05, 3.63) is 153 Å². The topological polar surface area (TPSA) is 257 Å². The van der Waals surface area contributed by atoms with E-state index in [0.29, 0.717) is 52.5 Å². The van der Waals surface area contributed by atoms with Gasteiger partial charge in [-0.3, -0.25) is 14.4 Å². The number of hydrogen-bond donors (Lipinski definition) is 2. The SMILES string of the molecule is C.C.CCC(=O)NCCCCCCc1ccc2c(c1)O[C@H](C)CN(Cc1cc([C@H](CC(C)=O)c3cc(OC)c4c(c3)nnn4C)ccc1C)S2(=O)=O.CCCCCCCc1ccc2c(c1)O[C@@H](C)CN(Cc1cc([C@@H](CC(=O)O)c3cc(OC)c4c(c3)nnn4C)ccc1C)S2(=O)=O. The van der Waals surface area contributed by atoms with Gasteiger partial charge in [-0.1, -0.05) is 126 Å². The summed E-state index contributed by atoms with van der Waals surface area (Å²) in [6.45, 7) is 14.7. The van der Waals surface area contributed by atoms with Gasteiger partial charge in [0.2, 0.25) is 26.0 Å². The standard InChI is InChI=1S/C38H49N5O6S.C35H44N4O6S.2CH4/c1-7-37(45)39-17-11-9-8-10-12-28-14-16-36-34(19-28)49-27(4)23-43(50(36,46)47)24-31-20-29(15-13-25(31)2)32(18-26(3)44)30-21-33-38(35(22-30)48-6)42(5)41-40-33;1-6-7-8-9-10-11-25-13-15-33-31(16-25)45-24(3)21-39(46(33,42)43)22-28-17-26(14-12-23(28)2)29(20-34(40)41)27-18-30-35(32(19-27)44-5)38(4)37-36-30;;/h13-16,19-22,27,32H,7-12,17-18,23-24H2,1-6H3,(H,39,45);12-19,24,29H,6-11,20-22H2,1-5H3,(H,40,41);2*1H4/t27-,32+;24-,29+;;/m10../s1. The van der Waals surface area contributed by atoms with E-state index in [-0.39, 0.29) is 93.5 Å². The number of sulfonamides is 2. The molecule has 4 heterocycles. The number of carboxylic acid groups (broad SMARTS) is 1. The minimum atomic E-state index is -3.88. The number of benzene rings is 6. The number of amides is 1. The summed E-state index contributed by atoms with van der Waals surface area (Å²) in [5.74, 6) is 0.290. The molecule has 0 aliphatic carbocycles. The van der Waals surface area contributed by atoms with Crippen LogP contribution in [0.2, 0.25) is 0 Å². The predicted octanol–water partition coefficient (Wildman–Crippen LogP) is 13.6. The number of ketones is 1. The van der Waals surface area contributed by atoms with E-state index in [1.807, 2.05) is 120 Å². The Morgan fingerprint density at radius 3 is 1.45 bits per heavy atom. The molecule has 2 aliphatic heterocycles. The molecule has 4 atom stereocenters. The molecule has 2 N–H and O–H groups in total. The second-order valence-electron chi connectivity index (χ2n) is 25.6. The fourth-order valence-corrected chi connectivity index (χ4v) is 16.1. The van der Waals surface area contributed by atoms with Crippen LogP contribution in [-0.2, 0) is 74.5 Å². The Morgan fingerprint density at radius 1 is 0.592 bits per heavy atom. The molecule has 98 heavy (non-hydrogen) atoms. The largest absolute Gasteiger partial charge is 0.494 e. The summed E-state index contributed by atoms with van der Waals surface area (Å²) in [6.07, 6.45) is 11.4. The fourth-order valence-electron chi connectivity index (χ4n) is 12.9. The van der Waals surface area contributed by atoms with E-state index in [2.05, 4.69) is 32.9 Å². The van der Waals surface area contributed by atoms with Crippen LogP contribution in [0, 0.1) is 13.8 Å². The predicted molar refractivity (Wildman–Crippen MR) is 383 cm³/mol. The van der Waals surface area contributed by atoms with Gasteiger partial charge in [0.1, 0.15) is 72.8 Å². The lowest BCUT2D eigenvalue weighted by Gasteiger charge is -2.24. The van der Waals surface area contributed by atoms with Gasteiger partial charge in [-0.05, 0) is 171 Å². The highest BCUT2D eigenvalue weighted by Gasteiger charge is 2.36. The monoisotopic (exact) mass is 1380 g/mol. The molecule has 0 fully saturated rings. The van der Waals surface area contributed by atoms with E-state index in [1.165, 1.54) is 27.9 Å². The van der Waals surface area contributed by atoms with Gasteiger partial charge in [0.05, 0.1) is 33.7 Å². The zero-order valence-electron chi connectivity index (χ0n) is 57.3. The van der Waals surface area contributed by atoms with Crippen LogP contribution in [0.25, 0.3) is 22.1 Å². The van der Waals surface area contributed by atoms with Crippen molar-refractivity contribution in [3.8, 4) is 23.0 Å². The number of nitrogens with zero attached hydrogens (tertiary/aromatic N) is 8. The normalized spacial score (nSPS) is 16.2. The number of aliphatic carboxylic acids is 1. The van der Waals surface area contributed by atoms with Gasteiger partial charge in [0.15, 0.2) is 0 Å². The lowest BCUT2D eigenvalue weighted by molar-refractivity contribution is -0.137. The van der Waals surface area contributed by atoms with E-state index in [9.17, 15) is 36.3 Å². The number of rotatable bonds is 28. The van der Waals surface area contributed by atoms with Crippen molar-refractivity contribution in [2.24, 2.45) is 14.1 Å². The molecule has 530 valence electrons. The van der Waals surface area contributed by atoms with E-state index >= 15 is 0 Å². The average Bonchev–Trinajstić information content (AvgIpc) is 1.50. The summed E-state index contributed by atoms with van der Waals surface area (Å²) >= 11 is 0. The van der Waals surface area contributed by atoms with Crippen molar-refractivity contribution in [2.45, 2.75) is 200 Å². The van der Waals surface area contributed by atoms with E-state index < -0.39 is 31.9 Å². The van der Waals surface area contributed by atoms with Gasteiger partial charge in [0.25, 0.3) is 0 Å². The molecular weight excluding hydrogens is 1280 g/mol. The molecule has 8 aromatic rings. The van der Waals surface area contributed by atoms with Crippen molar-refractivity contribution >= 4 is 59.8 Å². The molecule has 0 radical (unpaired) electrons.